The van der Waals surface area contributed by atoms with Crippen molar-refractivity contribution in [1.29, 1.82) is 0 Å². The van der Waals surface area contributed by atoms with E-state index >= 15 is 0 Å². The molecule has 2 aromatic heterocycles. The fourth-order valence-electron chi connectivity index (χ4n) is 1.72. The molecule has 0 bridgehead atoms. The summed E-state index contributed by atoms with van der Waals surface area (Å²) >= 11 is 0. The predicted molar refractivity (Wildman–Crippen MR) is 71.9 cm³/mol. The van der Waals surface area contributed by atoms with Crippen molar-refractivity contribution < 1.29 is 0 Å². The monoisotopic (exact) mass is 249 g/mol. The van der Waals surface area contributed by atoms with E-state index in [1.54, 1.807) is 6.33 Å². The van der Waals surface area contributed by atoms with E-state index in [4.69, 9.17) is 0 Å². The van der Waals surface area contributed by atoms with Gasteiger partial charge in [0.05, 0.1) is 6.33 Å². The van der Waals surface area contributed by atoms with Gasteiger partial charge in [-0.25, -0.2) is 4.98 Å². The molecule has 2 aromatic rings. The van der Waals surface area contributed by atoms with Gasteiger partial charge < -0.3 is 9.88 Å². The van der Waals surface area contributed by atoms with Crippen molar-refractivity contribution in [3.63, 3.8) is 0 Å². The quantitative estimate of drug-likeness (QED) is 0.852. The highest BCUT2D eigenvalue weighted by Gasteiger charge is 2.15. The summed E-state index contributed by atoms with van der Waals surface area (Å²) in [5.41, 5.74) is 0.613. The first kappa shape index (κ1) is 12.6. The Labute approximate surface area is 105 Å². The summed E-state index contributed by atoms with van der Waals surface area (Å²) in [4.78, 5) is 23.2. The van der Waals surface area contributed by atoms with Gasteiger partial charge in [-0.2, -0.15) is 4.98 Å². The molecular formula is C12H19N5O. The summed E-state index contributed by atoms with van der Waals surface area (Å²) in [6.45, 7) is 10.1. The lowest BCUT2D eigenvalue weighted by molar-refractivity contribution is 0.609. The number of nitrogens with zero attached hydrogens (tertiary/aromatic N) is 3. The first-order valence-electron chi connectivity index (χ1n) is 6.03. The van der Waals surface area contributed by atoms with Crippen LogP contribution in [0.15, 0.2) is 11.1 Å². The van der Waals surface area contributed by atoms with Gasteiger partial charge in [-0.05, 0) is 34.6 Å². The third kappa shape index (κ3) is 2.37. The van der Waals surface area contributed by atoms with Crippen molar-refractivity contribution in [2.75, 3.05) is 5.32 Å². The molecule has 0 aromatic carbocycles. The van der Waals surface area contributed by atoms with Crippen LogP contribution in [-0.2, 0) is 0 Å². The van der Waals surface area contributed by atoms with Crippen LogP contribution in [-0.4, -0.2) is 25.1 Å². The van der Waals surface area contributed by atoms with Crippen LogP contribution in [0.1, 0.15) is 40.7 Å². The highest BCUT2D eigenvalue weighted by Crippen LogP contribution is 2.15. The molecule has 0 unspecified atom stereocenters. The number of hydrogen-bond acceptors (Lipinski definition) is 4. The molecule has 0 saturated carbocycles. The van der Waals surface area contributed by atoms with Crippen molar-refractivity contribution in [1.82, 2.24) is 19.5 Å². The van der Waals surface area contributed by atoms with Crippen molar-refractivity contribution in [2.24, 2.45) is 0 Å². The van der Waals surface area contributed by atoms with E-state index in [1.165, 1.54) is 0 Å². The number of nitrogens with one attached hydrogen (secondary N) is 2. The van der Waals surface area contributed by atoms with Crippen LogP contribution in [0.2, 0.25) is 0 Å². The molecule has 0 radical (unpaired) electrons. The lowest BCUT2D eigenvalue weighted by Crippen LogP contribution is -2.29. The van der Waals surface area contributed by atoms with Crippen LogP contribution in [0.5, 0.6) is 0 Å². The lowest BCUT2D eigenvalue weighted by Gasteiger charge is -2.20. The summed E-state index contributed by atoms with van der Waals surface area (Å²) in [6.07, 6.45) is 1.65. The summed E-state index contributed by atoms with van der Waals surface area (Å²) < 4.78 is 1.89. The second kappa shape index (κ2) is 4.12. The minimum Gasteiger partial charge on any atom is -0.351 e. The van der Waals surface area contributed by atoms with E-state index in [1.807, 2.05) is 39.2 Å². The zero-order valence-electron chi connectivity index (χ0n) is 11.4. The maximum atomic E-state index is 11.9. The molecule has 0 atom stereocenters. The summed E-state index contributed by atoms with van der Waals surface area (Å²) in [7, 11) is 0. The van der Waals surface area contributed by atoms with Gasteiger partial charge in [-0.3, -0.25) is 9.78 Å². The third-order valence-corrected chi connectivity index (χ3v) is 2.48. The molecule has 2 heterocycles. The molecule has 2 N–H and O–H groups in total. The third-order valence-electron chi connectivity index (χ3n) is 2.48. The molecule has 2 rings (SSSR count). The van der Waals surface area contributed by atoms with E-state index in [-0.39, 0.29) is 17.1 Å². The van der Waals surface area contributed by atoms with Crippen LogP contribution in [0.3, 0.4) is 0 Å². The smallest absolute Gasteiger partial charge is 0.280 e. The van der Waals surface area contributed by atoms with Gasteiger partial charge in [0.15, 0.2) is 11.2 Å². The average molecular weight is 249 g/mol. The van der Waals surface area contributed by atoms with Crippen LogP contribution >= 0.6 is 0 Å². The molecule has 0 aliphatic carbocycles. The minimum atomic E-state index is -0.217. The molecule has 0 aliphatic rings. The summed E-state index contributed by atoms with van der Waals surface area (Å²) in [6, 6.07) is 0.215. The number of aromatic amines is 1. The molecule has 6 nitrogen and oxygen atoms in total. The number of anilines is 1. The highest BCUT2D eigenvalue weighted by atomic mass is 16.1. The predicted octanol–water partition coefficient (Wildman–Crippen LogP) is 1.91. The average Bonchev–Trinajstić information content (AvgIpc) is 2.58. The largest absolute Gasteiger partial charge is 0.351 e. The van der Waals surface area contributed by atoms with E-state index in [2.05, 4.69) is 20.3 Å². The number of aromatic nitrogens is 4. The zero-order valence-corrected chi connectivity index (χ0v) is 11.4. The second-order valence-corrected chi connectivity index (χ2v) is 5.71. The second-order valence-electron chi connectivity index (χ2n) is 5.71. The maximum Gasteiger partial charge on any atom is 0.280 e. The first-order valence-corrected chi connectivity index (χ1v) is 6.03. The number of rotatable bonds is 2. The van der Waals surface area contributed by atoms with Crippen molar-refractivity contribution >= 4 is 17.1 Å². The van der Waals surface area contributed by atoms with Gasteiger partial charge in [0.2, 0.25) is 5.95 Å². The molecular weight excluding hydrogens is 230 g/mol. The molecule has 0 amide bonds. The van der Waals surface area contributed by atoms with Crippen molar-refractivity contribution in [3.05, 3.63) is 16.7 Å². The molecule has 98 valence electrons. The topological polar surface area (TPSA) is 75.6 Å². The summed E-state index contributed by atoms with van der Waals surface area (Å²) in [5.74, 6) is 0.474. The van der Waals surface area contributed by atoms with Crippen LogP contribution < -0.4 is 10.9 Å². The van der Waals surface area contributed by atoms with E-state index in [9.17, 15) is 4.79 Å². The number of imidazole rings is 1. The Morgan fingerprint density at radius 2 is 2.06 bits per heavy atom. The van der Waals surface area contributed by atoms with Gasteiger partial charge >= 0.3 is 0 Å². The molecule has 6 heteroatoms. The number of H-pyrrole nitrogens is 1. The molecule has 0 fully saturated rings. The van der Waals surface area contributed by atoms with Gasteiger partial charge in [0, 0.05) is 11.6 Å². The Hall–Kier alpha value is -1.85. The highest BCUT2D eigenvalue weighted by molar-refractivity contribution is 5.71. The SMILES string of the molecule is CC(C)n1cnc2c(=O)[nH]c(NC(C)(C)C)nc21. The molecule has 0 aliphatic heterocycles. The Balaban J connectivity index is 2.59. The Kier molecular flexibility index (Phi) is 2.88. The van der Waals surface area contributed by atoms with E-state index in [0.717, 1.165) is 0 Å². The van der Waals surface area contributed by atoms with Crippen LogP contribution in [0.25, 0.3) is 11.2 Å². The van der Waals surface area contributed by atoms with Crippen molar-refractivity contribution in [3.8, 4) is 0 Å². The molecule has 0 saturated heterocycles. The molecule has 0 spiro atoms. The Morgan fingerprint density at radius 1 is 1.39 bits per heavy atom. The lowest BCUT2D eigenvalue weighted by atomic mass is 10.1. The van der Waals surface area contributed by atoms with Gasteiger partial charge in [-0.1, -0.05) is 0 Å². The maximum absolute atomic E-state index is 11.9. The number of hydrogen-bond donors (Lipinski definition) is 2. The zero-order chi connectivity index (χ0) is 13.5. The summed E-state index contributed by atoms with van der Waals surface area (Å²) in [5, 5.41) is 3.16. The Bertz CT molecular complexity index is 617. The van der Waals surface area contributed by atoms with Crippen LogP contribution in [0, 0.1) is 0 Å². The van der Waals surface area contributed by atoms with Gasteiger partial charge in [-0.15, -0.1) is 0 Å². The minimum absolute atomic E-state index is 0.160. The molecule has 18 heavy (non-hydrogen) atoms. The van der Waals surface area contributed by atoms with E-state index < -0.39 is 0 Å². The van der Waals surface area contributed by atoms with Gasteiger partial charge in [0.1, 0.15) is 0 Å². The van der Waals surface area contributed by atoms with E-state index in [0.29, 0.717) is 17.1 Å². The van der Waals surface area contributed by atoms with Gasteiger partial charge in [0.25, 0.3) is 5.56 Å². The standard InChI is InChI=1S/C12H19N5O/c1-7(2)17-6-13-8-9(17)14-11(15-10(8)18)16-12(3,4)5/h6-7H,1-5H3,(H2,14,15,16,18). The fourth-order valence-corrected chi connectivity index (χ4v) is 1.72. The fraction of sp³-hybridized carbons (Fsp3) is 0.583. The first-order chi connectivity index (χ1) is 8.28. The number of fused-ring (bicyclic) bond motifs is 1. The van der Waals surface area contributed by atoms with Crippen molar-refractivity contribution in [2.45, 2.75) is 46.2 Å². The Morgan fingerprint density at radius 3 is 2.61 bits per heavy atom. The van der Waals surface area contributed by atoms with Crippen LogP contribution in [0.4, 0.5) is 5.95 Å². The normalized spacial score (nSPS) is 12.3.